The zero-order valence-corrected chi connectivity index (χ0v) is 11.0. The van der Waals surface area contributed by atoms with Crippen LogP contribution in [0.4, 0.5) is 0 Å². The molecule has 2 heteroatoms. The second-order valence-corrected chi connectivity index (χ2v) is 4.27. The lowest BCUT2D eigenvalue weighted by Crippen LogP contribution is -1.91. The summed E-state index contributed by atoms with van der Waals surface area (Å²) in [6.07, 6.45) is 0.921. The van der Waals surface area contributed by atoms with Crippen LogP contribution in [0.5, 0.6) is 5.75 Å². The summed E-state index contributed by atoms with van der Waals surface area (Å²) in [5.41, 5.74) is 4.18. The van der Waals surface area contributed by atoms with E-state index in [0.29, 0.717) is 5.75 Å². The van der Waals surface area contributed by atoms with Crippen LogP contribution in [-0.4, -0.2) is 11.4 Å². The highest BCUT2D eigenvalue weighted by Crippen LogP contribution is 2.13. The molecule has 0 aromatic heterocycles. The second kappa shape index (κ2) is 6.60. The van der Waals surface area contributed by atoms with E-state index < -0.39 is 0 Å². The lowest BCUT2D eigenvalue weighted by Gasteiger charge is -2.03. The molecule has 0 fully saturated rings. The molecule has 0 aliphatic carbocycles. The second-order valence-electron chi connectivity index (χ2n) is 4.27. The Morgan fingerprint density at radius 1 is 0.944 bits per heavy atom. The van der Waals surface area contributed by atoms with Crippen LogP contribution in [-0.2, 0) is 0 Å². The summed E-state index contributed by atoms with van der Waals surface area (Å²) in [5, 5.41) is 8.63. The number of rotatable bonds is 1. The predicted molar refractivity (Wildman–Crippen MR) is 74.1 cm³/mol. The maximum Gasteiger partial charge on any atom is 0.150 e. The van der Waals surface area contributed by atoms with Gasteiger partial charge in [0.15, 0.2) is 6.29 Å². The van der Waals surface area contributed by atoms with Gasteiger partial charge in [0.05, 0.1) is 0 Å². The molecule has 0 amide bonds. The summed E-state index contributed by atoms with van der Waals surface area (Å²) < 4.78 is 0. The molecule has 0 spiro atoms. The van der Waals surface area contributed by atoms with Crippen molar-refractivity contribution < 1.29 is 9.90 Å². The average molecular weight is 242 g/mol. The molecule has 0 saturated heterocycles. The molecule has 0 radical (unpaired) electrons. The Labute approximate surface area is 108 Å². The normalized spacial score (nSPS) is 9.28. The van der Waals surface area contributed by atoms with E-state index in [0.717, 1.165) is 23.0 Å². The lowest BCUT2D eigenvalue weighted by molar-refractivity contribution is 0.112. The number of aryl methyl sites for hydroxylation is 3. The highest BCUT2D eigenvalue weighted by Gasteiger charge is 2.00. The Kier molecular flexibility index (Phi) is 5.12. The number of carbonyl (C=O) groups is 1. The molecule has 0 atom stereocenters. The number of phenolic OH excluding ortho intramolecular Hbond substituents is 1. The van der Waals surface area contributed by atoms with Gasteiger partial charge >= 0.3 is 0 Å². The minimum absolute atomic E-state index is 0.322. The first-order valence-corrected chi connectivity index (χ1v) is 5.81. The van der Waals surface area contributed by atoms with Crippen molar-refractivity contribution in [3.05, 3.63) is 64.7 Å². The number of phenols is 1. The number of hydrogen-bond acceptors (Lipinski definition) is 2. The molecule has 1 N–H and O–H groups in total. The first kappa shape index (κ1) is 14.0. The molecule has 0 heterocycles. The molecular formula is C16H18O2. The van der Waals surface area contributed by atoms with E-state index in [1.165, 1.54) is 5.56 Å². The van der Waals surface area contributed by atoms with E-state index in [1.807, 2.05) is 39.0 Å². The molecule has 2 nitrogen and oxygen atoms in total. The van der Waals surface area contributed by atoms with Gasteiger partial charge in [-0.15, -0.1) is 0 Å². The lowest BCUT2D eigenvalue weighted by atomic mass is 10.0. The summed E-state index contributed by atoms with van der Waals surface area (Å²) in [5.74, 6) is 0.322. The van der Waals surface area contributed by atoms with Crippen LogP contribution in [0, 0.1) is 20.8 Å². The van der Waals surface area contributed by atoms with Gasteiger partial charge in [0, 0.05) is 5.56 Å². The Bertz CT molecular complexity index is 493. The molecule has 94 valence electrons. The molecule has 18 heavy (non-hydrogen) atoms. The van der Waals surface area contributed by atoms with Crippen molar-refractivity contribution in [2.45, 2.75) is 20.8 Å². The number of aromatic hydroxyl groups is 1. The van der Waals surface area contributed by atoms with Crippen LogP contribution in [0.25, 0.3) is 0 Å². The predicted octanol–water partition coefficient (Wildman–Crippen LogP) is 3.82. The summed E-state index contributed by atoms with van der Waals surface area (Å²) in [4.78, 5) is 10.6. The molecule has 2 aromatic rings. The van der Waals surface area contributed by atoms with Crippen molar-refractivity contribution >= 4 is 6.29 Å². The van der Waals surface area contributed by atoms with Gasteiger partial charge in [-0.2, -0.15) is 0 Å². The smallest absolute Gasteiger partial charge is 0.150 e. The van der Waals surface area contributed by atoms with Crippen molar-refractivity contribution in [3.63, 3.8) is 0 Å². The Hall–Kier alpha value is -2.09. The fourth-order valence-corrected chi connectivity index (χ4v) is 1.81. The van der Waals surface area contributed by atoms with Gasteiger partial charge < -0.3 is 5.11 Å². The average Bonchev–Trinajstić information content (AvgIpc) is 2.30. The molecule has 0 aliphatic rings. The number of aldehydes is 1. The van der Waals surface area contributed by atoms with Crippen LogP contribution in [0.2, 0.25) is 0 Å². The standard InChI is InChI=1S/C10H12O.C6H6O/c1-7-4-8(2)10(6-11)9(3)5-7;7-6-4-2-1-3-5-6/h4-6H,1-3H3;1-5,7H. The van der Waals surface area contributed by atoms with Gasteiger partial charge in [0.1, 0.15) is 5.75 Å². The zero-order valence-electron chi connectivity index (χ0n) is 11.0. The molecule has 2 rings (SSSR count). The summed E-state index contributed by atoms with van der Waals surface area (Å²) >= 11 is 0. The van der Waals surface area contributed by atoms with Crippen LogP contribution >= 0.6 is 0 Å². The van der Waals surface area contributed by atoms with Gasteiger partial charge in [0.2, 0.25) is 0 Å². The first-order chi connectivity index (χ1) is 8.54. The monoisotopic (exact) mass is 242 g/mol. The van der Waals surface area contributed by atoms with Gasteiger partial charge in [-0.25, -0.2) is 0 Å². The van der Waals surface area contributed by atoms with Crippen molar-refractivity contribution in [1.82, 2.24) is 0 Å². The van der Waals surface area contributed by atoms with Gasteiger partial charge in [0.25, 0.3) is 0 Å². The third-order valence-electron chi connectivity index (χ3n) is 2.61. The first-order valence-electron chi connectivity index (χ1n) is 5.81. The fraction of sp³-hybridized carbons (Fsp3) is 0.188. The van der Waals surface area contributed by atoms with Gasteiger partial charge in [-0.3, -0.25) is 4.79 Å². The van der Waals surface area contributed by atoms with E-state index in [4.69, 9.17) is 5.11 Å². The summed E-state index contributed by atoms with van der Waals surface area (Å²) in [6.45, 7) is 5.96. The molecule has 0 aliphatic heterocycles. The van der Waals surface area contributed by atoms with Crippen molar-refractivity contribution in [2.75, 3.05) is 0 Å². The molecule has 0 saturated carbocycles. The third-order valence-corrected chi connectivity index (χ3v) is 2.61. The Balaban J connectivity index is 0.000000199. The van der Waals surface area contributed by atoms with E-state index >= 15 is 0 Å². The zero-order chi connectivity index (χ0) is 13.5. The number of para-hydroxylation sites is 1. The molecule has 0 unspecified atom stereocenters. The van der Waals surface area contributed by atoms with Gasteiger partial charge in [-0.05, 0) is 44.0 Å². The molecule has 0 bridgehead atoms. The Morgan fingerprint density at radius 2 is 1.44 bits per heavy atom. The van der Waals surface area contributed by atoms with Crippen LogP contribution in [0.15, 0.2) is 42.5 Å². The maximum atomic E-state index is 10.6. The number of benzene rings is 2. The third kappa shape index (κ3) is 4.06. The molecule has 2 aromatic carbocycles. The quantitative estimate of drug-likeness (QED) is 0.772. The van der Waals surface area contributed by atoms with Crippen LogP contribution in [0.3, 0.4) is 0 Å². The summed E-state index contributed by atoms with van der Waals surface area (Å²) in [6, 6.07) is 12.8. The van der Waals surface area contributed by atoms with Crippen LogP contribution < -0.4 is 0 Å². The van der Waals surface area contributed by atoms with E-state index in [9.17, 15) is 4.79 Å². The van der Waals surface area contributed by atoms with Crippen molar-refractivity contribution in [1.29, 1.82) is 0 Å². The summed E-state index contributed by atoms with van der Waals surface area (Å²) in [7, 11) is 0. The maximum absolute atomic E-state index is 10.6. The van der Waals surface area contributed by atoms with Crippen LogP contribution in [0.1, 0.15) is 27.0 Å². The fourth-order valence-electron chi connectivity index (χ4n) is 1.81. The van der Waals surface area contributed by atoms with Gasteiger partial charge in [-0.1, -0.05) is 35.9 Å². The van der Waals surface area contributed by atoms with E-state index in [1.54, 1.807) is 24.3 Å². The number of carbonyl (C=O) groups excluding carboxylic acids is 1. The SMILES string of the molecule is Cc1cc(C)c(C=O)c(C)c1.Oc1ccccc1. The van der Waals surface area contributed by atoms with Crippen molar-refractivity contribution in [3.8, 4) is 5.75 Å². The van der Waals surface area contributed by atoms with E-state index in [-0.39, 0.29) is 0 Å². The minimum Gasteiger partial charge on any atom is -0.508 e. The minimum atomic E-state index is 0.322. The topological polar surface area (TPSA) is 37.3 Å². The number of hydrogen-bond donors (Lipinski definition) is 1. The van der Waals surface area contributed by atoms with E-state index in [2.05, 4.69) is 0 Å². The highest BCUT2D eigenvalue weighted by atomic mass is 16.3. The largest absolute Gasteiger partial charge is 0.508 e. The van der Waals surface area contributed by atoms with Crippen molar-refractivity contribution in [2.24, 2.45) is 0 Å². The molecular weight excluding hydrogens is 224 g/mol. The Morgan fingerprint density at radius 3 is 1.78 bits per heavy atom. The highest BCUT2D eigenvalue weighted by molar-refractivity contribution is 5.79.